The van der Waals surface area contributed by atoms with Crippen LogP contribution in [0.15, 0.2) is 42.5 Å². The van der Waals surface area contributed by atoms with Crippen molar-refractivity contribution < 1.29 is 38.2 Å². The van der Waals surface area contributed by atoms with E-state index in [2.05, 4.69) is 16.0 Å². The van der Waals surface area contributed by atoms with E-state index in [1.807, 2.05) is 13.8 Å². The summed E-state index contributed by atoms with van der Waals surface area (Å²) in [6, 6.07) is 10.2. The molecule has 0 spiro atoms. The molecule has 2 aromatic rings. The predicted octanol–water partition coefficient (Wildman–Crippen LogP) is 1.15. The second-order valence-corrected chi connectivity index (χ2v) is 9.30. The molecule has 39 heavy (non-hydrogen) atoms. The fraction of sp³-hybridized carbons (Fsp3) is 0.333. The van der Waals surface area contributed by atoms with E-state index in [9.17, 15) is 28.8 Å². The van der Waals surface area contributed by atoms with Crippen LogP contribution in [0, 0.1) is 0 Å². The van der Waals surface area contributed by atoms with Crippen LogP contribution in [0.3, 0.4) is 0 Å². The third kappa shape index (κ3) is 6.47. The number of imide groups is 2. The second kappa shape index (κ2) is 11.9. The molecular formula is C27H28N4O8. The molecule has 0 aromatic heterocycles. The maximum Gasteiger partial charge on any atom is 0.266 e. The van der Waals surface area contributed by atoms with Gasteiger partial charge in [0.1, 0.15) is 18.4 Å². The molecule has 12 nitrogen and oxygen atoms in total. The van der Waals surface area contributed by atoms with Gasteiger partial charge < -0.3 is 20.1 Å². The van der Waals surface area contributed by atoms with E-state index < -0.39 is 42.2 Å². The van der Waals surface area contributed by atoms with Crippen LogP contribution in [0.25, 0.3) is 0 Å². The minimum atomic E-state index is -1.11. The van der Waals surface area contributed by atoms with Crippen LogP contribution >= 0.6 is 0 Å². The Morgan fingerprint density at radius 2 is 1.79 bits per heavy atom. The average molecular weight is 537 g/mol. The molecule has 0 saturated carbocycles. The lowest BCUT2D eigenvalue weighted by Gasteiger charge is -2.27. The van der Waals surface area contributed by atoms with E-state index in [0.29, 0.717) is 5.69 Å². The minimum Gasteiger partial charge on any atom is -0.483 e. The Bertz CT molecular complexity index is 1340. The third-order valence-corrected chi connectivity index (χ3v) is 6.04. The maximum atomic E-state index is 13.1. The van der Waals surface area contributed by atoms with Gasteiger partial charge in [0.25, 0.3) is 17.7 Å². The summed E-state index contributed by atoms with van der Waals surface area (Å²) in [5.41, 5.74) is 1.24. The van der Waals surface area contributed by atoms with Crippen molar-refractivity contribution in [1.82, 2.24) is 15.5 Å². The van der Waals surface area contributed by atoms with Gasteiger partial charge in [-0.25, -0.2) is 0 Å². The maximum absolute atomic E-state index is 13.1. The van der Waals surface area contributed by atoms with Gasteiger partial charge in [-0.05, 0) is 50.1 Å². The first-order valence-electron chi connectivity index (χ1n) is 12.4. The Morgan fingerprint density at radius 1 is 1.03 bits per heavy atom. The Kier molecular flexibility index (Phi) is 8.35. The first-order chi connectivity index (χ1) is 18.6. The van der Waals surface area contributed by atoms with Gasteiger partial charge in [0.05, 0.1) is 17.2 Å². The number of rotatable bonds is 10. The van der Waals surface area contributed by atoms with E-state index in [1.54, 1.807) is 24.3 Å². The summed E-state index contributed by atoms with van der Waals surface area (Å²) >= 11 is 0. The Balaban J connectivity index is 1.36. The fourth-order valence-corrected chi connectivity index (χ4v) is 4.20. The standard InChI is InChI=1S/C27H28N4O8/c1-15(2)38-13-22(33)28-12-16-5-3-6-17(11-16)29-23(34)14-39-20-8-4-7-18-24(20)27(37)31(26(18)36)19-9-10-21(32)30-25(19)35/h3-8,11,15,19H,9-10,12-14H2,1-2H3,(H,28,33)(H,29,34)(H,30,32,35). The molecule has 2 aromatic carbocycles. The van der Waals surface area contributed by atoms with Crippen molar-refractivity contribution in [2.24, 2.45) is 0 Å². The molecule has 0 bridgehead atoms. The van der Waals surface area contributed by atoms with Gasteiger partial charge in [-0.2, -0.15) is 0 Å². The number of fused-ring (bicyclic) bond motifs is 1. The van der Waals surface area contributed by atoms with Crippen molar-refractivity contribution >= 4 is 41.1 Å². The molecule has 1 unspecified atom stereocenters. The highest BCUT2D eigenvalue weighted by Crippen LogP contribution is 2.33. The largest absolute Gasteiger partial charge is 0.483 e. The summed E-state index contributed by atoms with van der Waals surface area (Å²) in [5, 5.41) is 7.57. The molecular weight excluding hydrogens is 508 g/mol. The van der Waals surface area contributed by atoms with Gasteiger partial charge in [-0.3, -0.25) is 39.0 Å². The van der Waals surface area contributed by atoms with Gasteiger partial charge >= 0.3 is 0 Å². The van der Waals surface area contributed by atoms with Crippen LogP contribution in [-0.4, -0.2) is 65.7 Å². The highest BCUT2D eigenvalue weighted by atomic mass is 16.5. The third-order valence-electron chi connectivity index (χ3n) is 6.04. The summed E-state index contributed by atoms with van der Waals surface area (Å²) in [7, 11) is 0. The number of carbonyl (C=O) groups is 6. The van der Waals surface area contributed by atoms with Gasteiger partial charge in [0.15, 0.2) is 6.61 Å². The van der Waals surface area contributed by atoms with Gasteiger partial charge in [-0.15, -0.1) is 0 Å². The lowest BCUT2D eigenvalue weighted by Crippen LogP contribution is -2.54. The summed E-state index contributed by atoms with van der Waals surface area (Å²) in [4.78, 5) is 75.1. The van der Waals surface area contributed by atoms with Crippen LogP contribution < -0.4 is 20.7 Å². The molecule has 2 aliphatic rings. The lowest BCUT2D eigenvalue weighted by atomic mass is 10.0. The highest BCUT2D eigenvalue weighted by Gasteiger charge is 2.46. The predicted molar refractivity (Wildman–Crippen MR) is 137 cm³/mol. The van der Waals surface area contributed by atoms with Gasteiger partial charge in [-0.1, -0.05) is 18.2 Å². The Labute approximate surface area is 224 Å². The van der Waals surface area contributed by atoms with Crippen LogP contribution in [-0.2, 0) is 30.5 Å². The molecule has 1 saturated heterocycles. The summed E-state index contributed by atoms with van der Waals surface area (Å²) in [6.07, 6.45) is -0.0206. The van der Waals surface area contributed by atoms with Crippen molar-refractivity contribution in [2.75, 3.05) is 18.5 Å². The van der Waals surface area contributed by atoms with Crippen molar-refractivity contribution in [1.29, 1.82) is 0 Å². The number of hydrogen-bond acceptors (Lipinski definition) is 8. The first kappa shape index (κ1) is 27.5. The van der Waals surface area contributed by atoms with E-state index in [-0.39, 0.29) is 54.9 Å². The number of anilines is 1. The normalized spacial score (nSPS) is 16.7. The van der Waals surface area contributed by atoms with Crippen molar-refractivity contribution in [3.63, 3.8) is 0 Å². The fourth-order valence-electron chi connectivity index (χ4n) is 4.20. The molecule has 1 atom stereocenters. The van der Waals surface area contributed by atoms with E-state index in [1.165, 1.54) is 18.2 Å². The zero-order valence-electron chi connectivity index (χ0n) is 21.4. The number of hydrogen-bond donors (Lipinski definition) is 3. The Hall–Kier alpha value is -4.58. The molecule has 0 radical (unpaired) electrons. The first-order valence-corrected chi connectivity index (χ1v) is 12.4. The topological polar surface area (TPSA) is 160 Å². The summed E-state index contributed by atoms with van der Waals surface area (Å²) in [6.45, 7) is 3.41. The minimum absolute atomic E-state index is 0.00740. The zero-order valence-corrected chi connectivity index (χ0v) is 21.4. The Morgan fingerprint density at radius 3 is 2.54 bits per heavy atom. The molecule has 4 rings (SSSR count). The molecule has 6 amide bonds. The molecule has 204 valence electrons. The molecule has 2 heterocycles. The van der Waals surface area contributed by atoms with Crippen molar-refractivity contribution in [2.45, 2.75) is 45.4 Å². The van der Waals surface area contributed by atoms with E-state index >= 15 is 0 Å². The number of amides is 6. The SMILES string of the molecule is CC(C)OCC(=O)NCc1cccc(NC(=O)COc2cccc3c2C(=O)N(C2CCC(=O)NC2=O)C3=O)c1. The van der Waals surface area contributed by atoms with Crippen LogP contribution in [0.2, 0.25) is 0 Å². The molecule has 0 aliphatic carbocycles. The number of nitrogens with one attached hydrogen (secondary N) is 3. The van der Waals surface area contributed by atoms with Gasteiger partial charge in [0, 0.05) is 18.7 Å². The molecule has 1 fully saturated rings. The van der Waals surface area contributed by atoms with Crippen LogP contribution in [0.5, 0.6) is 5.75 Å². The van der Waals surface area contributed by atoms with Crippen LogP contribution in [0.1, 0.15) is 53.0 Å². The number of piperidine rings is 1. The van der Waals surface area contributed by atoms with Gasteiger partial charge in [0.2, 0.25) is 17.7 Å². The monoisotopic (exact) mass is 536 g/mol. The molecule has 12 heteroatoms. The summed E-state index contributed by atoms with van der Waals surface area (Å²) < 4.78 is 10.9. The van der Waals surface area contributed by atoms with Crippen molar-refractivity contribution in [3.8, 4) is 5.75 Å². The number of ether oxygens (including phenoxy) is 2. The quantitative estimate of drug-likeness (QED) is 0.381. The number of carbonyl (C=O) groups excluding carboxylic acids is 6. The van der Waals surface area contributed by atoms with E-state index in [4.69, 9.17) is 9.47 Å². The second-order valence-electron chi connectivity index (χ2n) is 9.30. The zero-order chi connectivity index (χ0) is 28.1. The molecule has 3 N–H and O–H groups in total. The smallest absolute Gasteiger partial charge is 0.266 e. The number of benzene rings is 2. The van der Waals surface area contributed by atoms with Crippen LogP contribution in [0.4, 0.5) is 5.69 Å². The molecule has 2 aliphatic heterocycles. The summed E-state index contributed by atoms with van der Waals surface area (Å²) in [5.74, 6) is -3.32. The van der Waals surface area contributed by atoms with E-state index in [0.717, 1.165) is 10.5 Å². The van der Waals surface area contributed by atoms with Crippen molar-refractivity contribution in [3.05, 3.63) is 59.2 Å². The highest BCUT2D eigenvalue weighted by molar-refractivity contribution is 6.24. The number of nitrogens with zero attached hydrogens (tertiary/aromatic N) is 1. The average Bonchev–Trinajstić information content (AvgIpc) is 3.15. The lowest BCUT2D eigenvalue weighted by molar-refractivity contribution is -0.136.